The third kappa shape index (κ3) is 3.20. The van der Waals surface area contributed by atoms with Crippen molar-refractivity contribution in [1.82, 2.24) is 15.3 Å². The molecule has 0 unspecified atom stereocenters. The number of aromatic nitrogens is 2. The SMILES string of the molecule is Oc1ccc2nc(CCNCc3ccccc3F)[nH]c2c1. The third-order valence-corrected chi connectivity index (χ3v) is 3.33. The minimum Gasteiger partial charge on any atom is -0.508 e. The zero-order valence-corrected chi connectivity index (χ0v) is 11.4. The molecule has 3 aromatic rings. The van der Waals surface area contributed by atoms with E-state index in [0.29, 0.717) is 25.1 Å². The number of benzene rings is 2. The summed E-state index contributed by atoms with van der Waals surface area (Å²) < 4.78 is 13.4. The van der Waals surface area contributed by atoms with Crippen LogP contribution in [0.2, 0.25) is 0 Å². The van der Waals surface area contributed by atoms with Gasteiger partial charge in [0.05, 0.1) is 11.0 Å². The van der Waals surface area contributed by atoms with Gasteiger partial charge in [-0.25, -0.2) is 9.37 Å². The Labute approximate surface area is 121 Å². The van der Waals surface area contributed by atoms with Crippen molar-refractivity contribution >= 4 is 11.0 Å². The molecular formula is C16H16FN3O. The molecule has 0 aliphatic heterocycles. The molecule has 3 rings (SSSR count). The van der Waals surface area contributed by atoms with E-state index >= 15 is 0 Å². The summed E-state index contributed by atoms with van der Waals surface area (Å²) in [6.45, 7) is 1.19. The highest BCUT2D eigenvalue weighted by Gasteiger charge is 2.04. The summed E-state index contributed by atoms with van der Waals surface area (Å²) >= 11 is 0. The van der Waals surface area contributed by atoms with Crippen LogP contribution in [-0.2, 0) is 13.0 Å². The van der Waals surface area contributed by atoms with Gasteiger partial charge in [-0.05, 0) is 18.2 Å². The topological polar surface area (TPSA) is 60.9 Å². The zero-order chi connectivity index (χ0) is 14.7. The fourth-order valence-corrected chi connectivity index (χ4v) is 2.24. The number of hydrogen-bond donors (Lipinski definition) is 3. The summed E-state index contributed by atoms with van der Waals surface area (Å²) in [6.07, 6.45) is 0.712. The van der Waals surface area contributed by atoms with Gasteiger partial charge in [-0.2, -0.15) is 0 Å². The van der Waals surface area contributed by atoms with E-state index in [1.807, 2.05) is 6.07 Å². The molecule has 1 heterocycles. The van der Waals surface area contributed by atoms with Crippen LogP contribution in [0.5, 0.6) is 5.75 Å². The van der Waals surface area contributed by atoms with Gasteiger partial charge in [0.15, 0.2) is 0 Å². The van der Waals surface area contributed by atoms with Gasteiger partial charge in [-0.1, -0.05) is 18.2 Å². The molecule has 108 valence electrons. The number of fused-ring (bicyclic) bond motifs is 1. The van der Waals surface area contributed by atoms with Gasteiger partial charge in [0.2, 0.25) is 0 Å². The fourth-order valence-electron chi connectivity index (χ4n) is 2.24. The molecule has 21 heavy (non-hydrogen) atoms. The summed E-state index contributed by atoms with van der Waals surface area (Å²) in [6, 6.07) is 11.8. The van der Waals surface area contributed by atoms with Crippen LogP contribution in [0.25, 0.3) is 11.0 Å². The van der Waals surface area contributed by atoms with Crippen molar-refractivity contribution in [2.24, 2.45) is 0 Å². The molecule has 0 spiro atoms. The average Bonchev–Trinajstić information content (AvgIpc) is 2.87. The summed E-state index contributed by atoms with van der Waals surface area (Å²) in [5.41, 5.74) is 2.31. The first-order chi connectivity index (χ1) is 10.2. The number of aromatic amines is 1. The van der Waals surface area contributed by atoms with E-state index in [9.17, 15) is 9.50 Å². The van der Waals surface area contributed by atoms with Crippen LogP contribution >= 0.6 is 0 Å². The van der Waals surface area contributed by atoms with E-state index < -0.39 is 0 Å². The van der Waals surface area contributed by atoms with Crippen molar-refractivity contribution in [3.8, 4) is 5.75 Å². The Morgan fingerprint density at radius 3 is 2.90 bits per heavy atom. The molecule has 0 amide bonds. The van der Waals surface area contributed by atoms with E-state index in [4.69, 9.17) is 0 Å². The predicted octanol–water partition coefficient (Wildman–Crippen LogP) is 2.74. The Hall–Kier alpha value is -2.40. The third-order valence-electron chi connectivity index (χ3n) is 3.33. The maximum absolute atomic E-state index is 13.4. The second-order valence-corrected chi connectivity index (χ2v) is 4.90. The van der Waals surface area contributed by atoms with Gasteiger partial charge in [-0.3, -0.25) is 0 Å². The van der Waals surface area contributed by atoms with E-state index in [2.05, 4.69) is 15.3 Å². The van der Waals surface area contributed by atoms with Crippen molar-refractivity contribution in [3.63, 3.8) is 0 Å². The molecule has 0 fully saturated rings. The highest BCUT2D eigenvalue weighted by molar-refractivity contribution is 5.76. The molecule has 0 aliphatic carbocycles. The Bertz CT molecular complexity index is 754. The minimum atomic E-state index is -0.191. The van der Waals surface area contributed by atoms with Crippen LogP contribution in [0.3, 0.4) is 0 Å². The lowest BCUT2D eigenvalue weighted by Crippen LogP contribution is -2.17. The first-order valence-electron chi connectivity index (χ1n) is 6.84. The highest BCUT2D eigenvalue weighted by Crippen LogP contribution is 2.17. The molecule has 0 radical (unpaired) electrons. The number of H-pyrrole nitrogens is 1. The first kappa shape index (κ1) is 13.6. The van der Waals surface area contributed by atoms with Gasteiger partial charge >= 0.3 is 0 Å². The van der Waals surface area contributed by atoms with Gasteiger partial charge in [-0.15, -0.1) is 0 Å². The molecule has 3 N–H and O–H groups in total. The molecule has 0 atom stereocenters. The number of nitrogens with zero attached hydrogens (tertiary/aromatic N) is 1. The highest BCUT2D eigenvalue weighted by atomic mass is 19.1. The lowest BCUT2D eigenvalue weighted by Gasteiger charge is -2.04. The number of rotatable bonds is 5. The van der Waals surface area contributed by atoms with Gasteiger partial charge in [0, 0.05) is 31.1 Å². The van der Waals surface area contributed by atoms with Crippen LogP contribution in [0.1, 0.15) is 11.4 Å². The Kier molecular flexibility index (Phi) is 3.83. The van der Waals surface area contributed by atoms with Crippen molar-refractivity contribution in [1.29, 1.82) is 0 Å². The molecule has 0 saturated heterocycles. The van der Waals surface area contributed by atoms with Crippen molar-refractivity contribution in [2.45, 2.75) is 13.0 Å². The van der Waals surface area contributed by atoms with Gasteiger partial charge in [0.25, 0.3) is 0 Å². The molecular weight excluding hydrogens is 269 g/mol. The summed E-state index contributed by atoms with van der Waals surface area (Å²) in [7, 11) is 0. The Morgan fingerprint density at radius 1 is 1.19 bits per heavy atom. The molecule has 0 saturated carbocycles. The first-order valence-corrected chi connectivity index (χ1v) is 6.84. The van der Waals surface area contributed by atoms with Gasteiger partial charge in [0.1, 0.15) is 17.4 Å². The molecule has 0 bridgehead atoms. The molecule has 1 aromatic heterocycles. The zero-order valence-electron chi connectivity index (χ0n) is 11.4. The standard InChI is InChI=1S/C16H16FN3O/c17-13-4-2-1-3-11(13)10-18-8-7-16-19-14-6-5-12(21)9-15(14)20-16/h1-6,9,18,21H,7-8,10H2,(H,19,20). The van der Waals surface area contributed by atoms with Crippen molar-refractivity contribution < 1.29 is 9.50 Å². The number of imidazole rings is 1. The summed E-state index contributed by atoms with van der Waals surface area (Å²) in [5.74, 6) is 0.872. The second kappa shape index (κ2) is 5.93. The van der Waals surface area contributed by atoms with Crippen molar-refractivity contribution in [3.05, 3.63) is 59.7 Å². The summed E-state index contributed by atoms with van der Waals surface area (Å²) in [5, 5.41) is 12.6. The van der Waals surface area contributed by atoms with E-state index in [1.165, 1.54) is 6.07 Å². The maximum Gasteiger partial charge on any atom is 0.127 e. The number of hydrogen-bond acceptors (Lipinski definition) is 3. The van der Waals surface area contributed by atoms with Crippen LogP contribution in [-0.4, -0.2) is 21.6 Å². The minimum absolute atomic E-state index is 0.191. The van der Waals surface area contributed by atoms with Gasteiger partial charge < -0.3 is 15.4 Å². The number of phenolic OH excluding ortho intramolecular Hbond substituents is 1. The molecule has 2 aromatic carbocycles. The summed E-state index contributed by atoms with van der Waals surface area (Å²) in [4.78, 5) is 7.60. The number of nitrogens with one attached hydrogen (secondary N) is 2. The Morgan fingerprint density at radius 2 is 2.05 bits per heavy atom. The molecule has 5 heteroatoms. The lowest BCUT2D eigenvalue weighted by molar-refractivity contribution is 0.476. The molecule has 0 aliphatic rings. The smallest absolute Gasteiger partial charge is 0.127 e. The predicted molar refractivity (Wildman–Crippen MR) is 79.6 cm³/mol. The Balaban J connectivity index is 1.56. The maximum atomic E-state index is 13.4. The number of halogens is 1. The molecule has 4 nitrogen and oxygen atoms in total. The van der Waals surface area contributed by atoms with Crippen LogP contribution in [0, 0.1) is 5.82 Å². The van der Waals surface area contributed by atoms with E-state index in [0.717, 1.165) is 16.9 Å². The quantitative estimate of drug-likeness (QED) is 0.632. The van der Waals surface area contributed by atoms with Crippen molar-refractivity contribution in [2.75, 3.05) is 6.54 Å². The largest absolute Gasteiger partial charge is 0.508 e. The van der Waals surface area contributed by atoms with Crippen LogP contribution < -0.4 is 5.32 Å². The average molecular weight is 285 g/mol. The van der Waals surface area contributed by atoms with Crippen LogP contribution in [0.15, 0.2) is 42.5 Å². The fraction of sp³-hybridized carbons (Fsp3) is 0.188. The number of aromatic hydroxyl groups is 1. The second-order valence-electron chi connectivity index (χ2n) is 4.90. The van der Waals surface area contributed by atoms with E-state index in [1.54, 1.807) is 30.3 Å². The normalized spacial score (nSPS) is 11.1. The van der Waals surface area contributed by atoms with Crippen LogP contribution in [0.4, 0.5) is 4.39 Å². The monoisotopic (exact) mass is 285 g/mol. The lowest BCUT2D eigenvalue weighted by atomic mass is 10.2. The number of phenols is 1. The van der Waals surface area contributed by atoms with E-state index in [-0.39, 0.29) is 11.6 Å².